The molecule has 0 aliphatic carbocycles. The van der Waals surface area contributed by atoms with Crippen LogP contribution in [0.25, 0.3) is 16.9 Å². The molecule has 3 heterocycles. The summed E-state index contributed by atoms with van der Waals surface area (Å²) in [5.41, 5.74) is 0.0280. The Bertz CT molecular complexity index is 1860. The van der Waals surface area contributed by atoms with E-state index < -0.39 is 55.0 Å². The number of fused-ring (bicyclic) bond motifs is 2. The largest absolute Gasteiger partial charge is 0.482 e. The SMILES string of the molecule is COc1cccc2nc(C(=O)N(CCN(C)C)[C@@H]3CS(=O)(=O)c4c3ccc(C(F)(F)F)c4Cl)c(-c3ccc(F)c(C)c3)n12. The number of aryl methyl sites for hydroxylation is 1. The summed E-state index contributed by atoms with van der Waals surface area (Å²) in [7, 11) is 0.663. The number of rotatable bonds is 7. The number of hydrogen-bond donors (Lipinski definition) is 0. The number of carbonyl (C=O) groups is 1. The van der Waals surface area contributed by atoms with E-state index in [4.69, 9.17) is 16.3 Å². The van der Waals surface area contributed by atoms with Crippen LogP contribution in [0.15, 0.2) is 53.4 Å². The number of nitrogens with zero attached hydrogens (tertiary/aromatic N) is 4. The molecule has 8 nitrogen and oxygen atoms in total. The van der Waals surface area contributed by atoms with E-state index in [0.29, 0.717) is 29.2 Å². The van der Waals surface area contributed by atoms with E-state index in [0.717, 1.165) is 12.1 Å². The van der Waals surface area contributed by atoms with Crippen molar-refractivity contribution in [1.82, 2.24) is 19.2 Å². The predicted molar refractivity (Wildman–Crippen MR) is 153 cm³/mol. The highest BCUT2D eigenvalue weighted by atomic mass is 35.5. The highest BCUT2D eigenvalue weighted by molar-refractivity contribution is 7.92. The van der Waals surface area contributed by atoms with Crippen molar-refractivity contribution in [3.8, 4) is 17.1 Å². The van der Waals surface area contributed by atoms with Crippen LogP contribution in [0.1, 0.15) is 33.2 Å². The minimum Gasteiger partial charge on any atom is -0.482 e. The van der Waals surface area contributed by atoms with Crippen molar-refractivity contribution in [3.05, 3.63) is 81.8 Å². The predicted octanol–water partition coefficient (Wildman–Crippen LogP) is 5.66. The molecule has 0 saturated heterocycles. The van der Waals surface area contributed by atoms with Gasteiger partial charge in [0.2, 0.25) is 0 Å². The van der Waals surface area contributed by atoms with Gasteiger partial charge < -0.3 is 14.5 Å². The molecular weight excluding hydrogens is 612 g/mol. The molecule has 0 unspecified atom stereocenters. The molecular formula is C29H27ClF4N4O4S. The fourth-order valence-electron chi connectivity index (χ4n) is 5.28. The van der Waals surface area contributed by atoms with Gasteiger partial charge in [-0.05, 0) is 68.5 Å². The van der Waals surface area contributed by atoms with Gasteiger partial charge in [-0.2, -0.15) is 13.2 Å². The van der Waals surface area contributed by atoms with E-state index in [2.05, 4.69) is 4.98 Å². The zero-order valence-corrected chi connectivity index (χ0v) is 25.1. The Hall–Kier alpha value is -3.68. The second-order valence-corrected chi connectivity index (χ2v) is 12.8. The summed E-state index contributed by atoms with van der Waals surface area (Å²) in [6.45, 7) is 1.88. The number of alkyl halides is 3. The quantitative estimate of drug-likeness (QED) is 0.243. The number of aromatic nitrogens is 2. The molecule has 1 amide bonds. The van der Waals surface area contributed by atoms with Gasteiger partial charge in [-0.15, -0.1) is 0 Å². The maximum Gasteiger partial charge on any atom is 0.417 e. The van der Waals surface area contributed by atoms with Crippen molar-refractivity contribution in [1.29, 1.82) is 0 Å². The molecule has 2 aromatic carbocycles. The lowest BCUT2D eigenvalue weighted by Crippen LogP contribution is -2.40. The third-order valence-corrected chi connectivity index (χ3v) is 9.68. The second-order valence-electron chi connectivity index (χ2n) is 10.5. The monoisotopic (exact) mass is 638 g/mol. The normalized spacial score (nSPS) is 16.1. The molecule has 4 aromatic rings. The first-order valence-corrected chi connectivity index (χ1v) is 15.1. The van der Waals surface area contributed by atoms with Crippen molar-refractivity contribution >= 4 is 33.0 Å². The second kappa shape index (κ2) is 11.1. The standard InChI is InChI=1S/C29H27ClF4N4O4S/c1-16-14-17(8-11-20(16)31)26-25(35-22-6-5-7-23(42-4)38(22)26)28(39)37(13-12-36(2)3)21-15-43(40,41)27-18(21)9-10-19(24(27)30)29(32,33)34/h5-11,14,21H,12-13,15H2,1-4H3/t21-/m1/s1. The number of benzene rings is 2. The summed E-state index contributed by atoms with van der Waals surface area (Å²) in [6, 6.07) is 9.94. The molecule has 0 radical (unpaired) electrons. The van der Waals surface area contributed by atoms with Crippen LogP contribution in [0.3, 0.4) is 0 Å². The van der Waals surface area contributed by atoms with Gasteiger partial charge in [0.25, 0.3) is 5.91 Å². The minimum atomic E-state index is -4.88. The molecule has 0 saturated carbocycles. The lowest BCUT2D eigenvalue weighted by atomic mass is 10.0. The van der Waals surface area contributed by atoms with Crippen molar-refractivity contribution < 1.29 is 35.5 Å². The number of pyridine rings is 1. The smallest absolute Gasteiger partial charge is 0.417 e. The van der Waals surface area contributed by atoms with Gasteiger partial charge in [-0.1, -0.05) is 23.7 Å². The Kier molecular flexibility index (Phi) is 7.95. The molecule has 1 aliphatic rings. The molecule has 1 atom stereocenters. The van der Waals surface area contributed by atoms with Crippen LogP contribution in [0, 0.1) is 12.7 Å². The molecule has 14 heteroatoms. The maximum absolute atomic E-state index is 14.5. The fourth-order valence-corrected chi connectivity index (χ4v) is 7.80. The van der Waals surface area contributed by atoms with E-state index >= 15 is 0 Å². The van der Waals surface area contributed by atoms with Crippen LogP contribution < -0.4 is 4.74 Å². The summed E-state index contributed by atoms with van der Waals surface area (Å²) in [5, 5.41) is -0.924. The summed E-state index contributed by atoms with van der Waals surface area (Å²) in [6.07, 6.45) is -4.88. The third-order valence-electron chi connectivity index (χ3n) is 7.36. The molecule has 0 bridgehead atoms. The Morgan fingerprint density at radius 1 is 1.14 bits per heavy atom. The molecule has 1 aliphatic heterocycles. The van der Waals surface area contributed by atoms with E-state index in [9.17, 15) is 30.8 Å². The van der Waals surface area contributed by atoms with Gasteiger partial charge >= 0.3 is 6.18 Å². The molecule has 0 fully saturated rings. The lowest BCUT2D eigenvalue weighted by molar-refractivity contribution is -0.137. The van der Waals surface area contributed by atoms with Crippen molar-refractivity contribution in [2.75, 3.05) is 40.0 Å². The van der Waals surface area contributed by atoms with Crippen LogP contribution in [-0.2, 0) is 16.0 Å². The number of methoxy groups -OCH3 is 1. The molecule has 43 heavy (non-hydrogen) atoms. The number of halogens is 5. The molecule has 5 rings (SSSR count). The summed E-state index contributed by atoms with van der Waals surface area (Å²) >= 11 is 6.07. The average molecular weight is 639 g/mol. The first-order chi connectivity index (χ1) is 20.2. The molecule has 0 spiro atoms. The third kappa shape index (κ3) is 5.45. The van der Waals surface area contributed by atoms with Crippen LogP contribution >= 0.6 is 11.6 Å². The number of hydrogen-bond acceptors (Lipinski definition) is 6. The topological polar surface area (TPSA) is 84.2 Å². The van der Waals surface area contributed by atoms with Crippen molar-refractivity contribution in [2.45, 2.75) is 24.0 Å². The Labute approximate surface area is 250 Å². The first-order valence-electron chi connectivity index (χ1n) is 13.1. The van der Waals surface area contributed by atoms with Gasteiger partial charge in [-0.25, -0.2) is 17.8 Å². The number of amides is 1. The molecule has 0 N–H and O–H groups in total. The summed E-state index contributed by atoms with van der Waals surface area (Å²) < 4.78 is 88.8. The van der Waals surface area contributed by atoms with E-state index in [-0.39, 0.29) is 23.5 Å². The zero-order chi connectivity index (χ0) is 31.4. The highest BCUT2D eigenvalue weighted by Crippen LogP contribution is 2.46. The van der Waals surface area contributed by atoms with Gasteiger partial charge in [0, 0.05) is 18.7 Å². The average Bonchev–Trinajstić information content (AvgIpc) is 3.45. The number of ether oxygens (including phenoxy) is 1. The van der Waals surface area contributed by atoms with Gasteiger partial charge in [-0.3, -0.25) is 9.20 Å². The maximum atomic E-state index is 14.5. The highest BCUT2D eigenvalue weighted by Gasteiger charge is 2.45. The Morgan fingerprint density at radius 3 is 2.49 bits per heavy atom. The van der Waals surface area contributed by atoms with Crippen LogP contribution in [0.4, 0.5) is 17.6 Å². The van der Waals surface area contributed by atoms with Gasteiger partial charge in [0.15, 0.2) is 21.4 Å². The minimum absolute atomic E-state index is 0.00868. The Morgan fingerprint density at radius 2 is 1.86 bits per heavy atom. The number of imidazole rings is 1. The number of likely N-dealkylation sites (N-methyl/N-ethyl adjacent to an activating group) is 1. The van der Waals surface area contributed by atoms with Gasteiger partial charge in [0.1, 0.15) is 11.5 Å². The van der Waals surface area contributed by atoms with Crippen molar-refractivity contribution in [3.63, 3.8) is 0 Å². The van der Waals surface area contributed by atoms with Crippen LogP contribution in [0.5, 0.6) is 5.88 Å². The molecule has 228 valence electrons. The molecule has 2 aromatic heterocycles. The van der Waals surface area contributed by atoms with E-state index in [1.807, 2.05) is 0 Å². The van der Waals surface area contributed by atoms with Crippen molar-refractivity contribution in [2.24, 2.45) is 0 Å². The number of sulfone groups is 1. The van der Waals surface area contributed by atoms with Gasteiger partial charge in [0.05, 0.1) is 40.1 Å². The van der Waals surface area contributed by atoms with Crippen LogP contribution in [-0.4, -0.2) is 73.6 Å². The van der Waals surface area contributed by atoms with E-state index in [1.165, 1.54) is 24.1 Å². The van der Waals surface area contributed by atoms with E-state index in [1.54, 1.807) is 54.6 Å². The summed E-state index contributed by atoms with van der Waals surface area (Å²) in [5.74, 6) is -1.45. The number of carbonyl (C=O) groups excluding carboxylic acids is 1. The van der Waals surface area contributed by atoms with Crippen LogP contribution in [0.2, 0.25) is 5.02 Å². The first kappa shape index (κ1) is 30.8. The zero-order valence-electron chi connectivity index (χ0n) is 23.5. The lowest BCUT2D eigenvalue weighted by Gasteiger charge is -2.30. The summed E-state index contributed by atoms with van der Waals surface area (Å²) in [4.78, 5) is 21.5. The fraction of sp³-hybridized carbons (Fsp3) is 0.310. The Balaban J connectivity index is 1.73.